The lowest BCUT2D eigenvalue weighted by Crippen LogP contribution is -2.42. The molecule has 1 fully saturated rings. The van der Waals surface area contributed by atoms with Gasteiger partial charge in [-0.1, -0.05) is 0 Å². The zero-order valence-corrected chi connectivity index (χ0v) is 13.3. The largest absolute Gasteiger partial charge is 0.465 e. The molecule has 7 heteroatoms. The number of thiazole rings is 1. The summed E-state index contributed by atoms with van der Waals surface area (Å²) in [7, 11) is 0. The highest BCUT2D eigenvalue weighted by atomic mass is 32.1. The van der Waals surface area contributed by atoms with Crippen LogP contribution in [0.5, 0.6) is 0 Å². The fourth-order valence-electron chi connectivity index (χ4n) is 2.01. The summed E-state index contributed by atoms with van der Waals surface area (Å²) in [5, 5.41) is 11.6. The van der Waals surface area contributed by atoms with Crippen molar-refractivity contribution in [3.8, 4) is 6.07 Å². The van der Waals surface area contributed by atoms with Gasteiger partial charge in [-0.15, -0.1) is 11.3 Å². The summed E-state index contributed by atoms with van der Waals surface area (Å²) < 4.78 is 10.4. The minimum atomic E-state index is -0.772. The van der Waals surface area contributed by atoms with Gasteiger partial charge in [0.25, 0.3) is 0 Å². The molecule has 6 nitrogen and oxygen atoms in total. The van der Waals surface area contributed by atoms with E-state index >= 15 is 0 Å². The summed E-state index contributed by atoms with van der Waals surface area (Å²) in [6.45, 7) is 7.47. The van der Waals surface area contributed by atoms with Crippen LogP contribution in [0.1, 0.15) is 26.5 Å². The van der Waals surface area contributed by atoms with Crippen molar-refractivity contribution in [1.82, 2.24) is 4.98 Å². The number of morpholine rings is 1. The lowest BCUT2D eigenvalue weighted by molar-refractivity contribution is -0.148. The molecule has 0 amide bonds. The van der Waals surface area contributed by atoms with Crippen LogP contribution in [0.2, 0.25) is 0 Å². The number of hydrogen-bond acceptors (Lipinski definition) is 7. The predicted octanol–water partition coefficient (Wildman–Crippen LogP) is 1.71. The van der Waals surface area contributed by atoms with Gasteiger partial charge in [0, 0.05) is 11.9 Å². The maximum Gasteiger partial charge on any atom is 0.317 e. The van der Waals surface area contributed by atoms with Gasteiger partial charge in [0.05, 0.1) is 31.5 Å². The molecule has 2 rings (SSSR count). The molecule has 0 aliphatic carbocycles. The van der Waals surface area contributed by atoms with E-state index in [0.717, 1.165) is 5.13 Å². The Morgan fingerprint density at radius 3 is 3.14 bits per heavy atom. The molecule has 1 aromatic rings. The van der Waals surface area contributed by atoms with E-state index in [1.54, 1.807) is 20.8 Å². The van der Waals surface area contributed by atoms with Gasteiger partial charge in [-0.2, -0.15) is 5.26 Å². The molecule has 21 heavy (non-hydrogen) atoms. The van der Waals surface area contributed by atoms with Crippen LogP contribution in [0.4, 0.5) is 5.13 Å². The quantitative estimate of drug-likeness (QED) is 0.788. The third-order valence-electron chi connectivity index (χ3n) is 3.40. The number of rotatable bonds is 4. The van der Waals surface area contributed by atoms with Gasteiger partial charge in [-0.25, -0.2) is 4.98 Å². The number of esters is 1. The number of carbonyl (C=O) groups is 1. The number of carbonyl (C=O) groups excluding carboxylic acids is 1. The molecule has 0 saturated carbocycles. The van der Waals surface area contributed by atoms with Crippen LogP contribution >= 0.6 is 11.3 Å². The molecule has 1 aromatic heterocycles. The van der Waals surface area contributed by atoms with Crippen molar-refractivity contribution in [3.05, 3.63) is 11.1 Å². The Morgan fingerprint density at radius 1 is 1.71 bits per heavy atom. The van der Waals surface area contributed by atoms with Crippen LogP contribution in [-0.4, -0.2) is 43.4 Å². The Balaban J connectivity index is 2.14. The van der Waals surface area contributed by atoms with Gasteiger partial charge in [0.1, 0.15) is 5.41 Å². The fourth-order valence-corrected chi connectivity index (χ4v) is 3.04. The van der Waals surface area contributed by atoms with E-state index in [4.69, 9.17) is 14.7 Å². The molecule has 1 aliphatic rings. The molecule has 0 N–H and O–H groups in total. The lowest BCUT2D eigenvalue weighted by atomic mass is 9.90. The molecule has 0 aromatic carbocycles. The van der Waals surface area contributed by atoms with Crippen LogP contribution in [0.25, 0.3) is 0 Å². The van der Waals surface area contributed by atoms with E-state index in [0.29, 0.717) is 32.0 Å². The predicted molar refractivity (Wildman–Crippen MR) is 79.3 cm³/mol. The van der Waals surface area contributed by atoms with Gasteiger partial charge >= 0.3 is 5.97 Å². The van der Waals surface area contributed by atoms with Crippen molar-refractivity contribution >= 4 is 22.4 Å². The first-order valence-electron chi connectivity index (χ1n) is 6.88. The van der Waals surface area contributed by atoms with E-state index in [-0.39, 0.29) is 5.97 Å². The first-order chi connectivity index (χ1) is 9.98. The summed E-state index contributed by atoms with van der Waals surface area (Å²) in [5.74, 6) is -0.279. The highest BCUT2D eigenvalue weighted by molar-refractivity contribution is 7.13. The van der Waals surface area contributed by atoms with Gasteiger partial charge in [-0.3, -0.25) is 4.79 Å². The Morgan fingerprint density at radius 2 is 2.48 bits per heavy atom. The highest BCUT2D eigenvalue weighted by Gasteiger charge is 2.34. The second-order valence-electron chi connectivity index (χ2n) is 5.30. The van der Waals surface area contributed by atoms with Crippen molar-refractivity contribution in [3.63, 3.8) is 0 Å². The number of anilines is 1. The van der Waals surface area contributed by atoms with Gasteiger partial charge in [-0.05, 0) is 20.8 Å². The van der Waals surface area contributed by atoms with E-state index in [2.05, 4.69) is 11.1 Å². The van der Waals surface area contributed by atoms with Crippen molar-refractivity contribution in [2.24, 2.45) is 0 Å². The second kappa shape index (κ2) is 6.41. The normalized spacial score (nSPS) is 19.1. The Labute approximate surface area is 128 Å². The molecule has 0 spiro atoms. The monoisotopic (exact) mass is 309 g/mol. The SMILES string of the molecule is CCOC(=O)C(C)(C)c1csc(N2CCOC(C#N)C2)n1. The summed E-state index contributed by atoms with van der Waals surface area (Å²) in [5.41, 5.74) is -0.0768. The molecule has 114 valence electrons. The van der Waals surface area contributed by atoms with Gasteiger partial charge < -0.3 is 14.4 Å². The summed E-state index contributed by atoms with van der Waals surface area (Å²) in [6, 6.07) is 2.11. The standard InChI is InChI=1S/C14H19N3O3S/c1-4-19-12(18)14(2,3)11-9-21-13(16-11)17-5-6-20-10(7-15)8-17/h9-10H,4-6,8H2,1-3H3. The Hall–Kier alpha value is -1.65. The highest BCUT2D eigenvalue weighted by Crippen LogP contribution is 2.30. The number of nitriles is 1. The van der Waals surface area contributed by atoms with Gasteiger partial charge in [0.2, 0.25) is 0 Å². The average molecular weight is 309 g/mol. The number of aromatic nitrogens is 1. The van der Waals surface area contributed by atoms with Crippen molar-refractivity contribution in [2.45, 2.75) is 32.3 Å². The third kappa shape index (κ3) is 3.34. The minimum absolute atomic E-state index is 0.279. The van der Waals surface area contributed by atoms with Crippen LogP contribution in [0.3, 0.4) is 0 Å². The summed E-state index contributed by atoms with van der Waals surface area (Å²) in [6.07, 6.45) is -0.427. The number of hydrogen-bond donors (Lipinski definition) is 0. The molecule has 1 atom stereocenters. The van der Waals surface area contributed by atoms with Crippen LogP contribution in [0.15, 0.2) is 5.38 Å². The maximum absolute atomic E-state index is 12.0. The van der Waals surface area contributed by atoms with Gasteiger partial charge in [0.15, 0.2) is 11.2 Å². The zero-order valence-electron chi connectivity index (χ0n) is 12.5. The topological polar surface area (TPSA) is 75.4 Å². The Bertz CT molecular complexity index is 550. The van der Waals surface area contributed by atoms with E-state index in [9.17, 15) is 4.79 Å². The smallest absolute Gasteiger partial charge is 0.317 e. The van der Waals surface area contributed by atoms with E-state index < -0.39 is 11.5 Å². The van der Waals surface area contributed by atoms with Crippen molar-refractivity contribution < 1.29 is 14.3 Å². The number of ether oxygens (including phenoxy) is 2. The molecular weight excluding hydrogens is 290 g/mol. The first kappa shape index (κ1) is 15.7. The second-order valence-corrected chi connectivity index (χ2v) is 6.13. The summed E-state index contributed by atoms with van der Waals surface area (Å²) >= 11 is 1.47. The molecule has 0 bridgehead atoms. The van der Waals surface area contributed by atoms with Crippen LogP contribution in [0, 0.1) is 11.3 Å². The molecular formula is C14H19N3O3S. The van der Waals surface area contributed by atoms with E-state index in [1.807, 2.05) is 10.3 Å². The van der Waals surface area contributed by atoms with Crippen LogP contribution in [-0.2, 0) is 19.7 Å². The van der Waals surface area contributed by atoms with E-state index in [1.165, 1.54) is 11.3 Å². The number of nitrogens with zero attached hydrogens (tertiary/aromatic N) is 3. The molecule has 1 aliphatic heterocycles. The van der Waals surface area contributed by atoms with Crippen molar-refractivity contribution in [2.75, 3.05) is 31.2 Å². The first-order valence-corrected chi connectivity index (χ1v) is 7.76. The molecule has 2 heterocycles. The molecule has 1 unspecified atom stereocenters. The lowest BCUT2D eigenvalue weighted by Gasteiger charge is -2.29. The summed E-state index contributed by atoms with van der Waals surface area (Å²) in [4.78, 5) is 18.6. The molecule has 1 saturated heterocycles. The minimum Gasteiger partial charge on any atom is -0.465 e. The maximum atomic E-state index is 12.0. The van der Waals surface area contributed by atoms with Crippen LogP contribution < -0.4 is 4.90 Å². The van der Waals surface area contributed by atoms with Crippen molar-refractivity contribution in [1.29, 1.82) is 5.26 Å². The zero-order chi connectivity index (χ0) is 15.5. The molecule has 0 radical (unpaired) electrons. The third-order valence-corrected chi connectivity index (χ3v) is 4.30. The average Bonchev–Trinajstić information content (AvgIpc) is 2.98. The fraction of sp³-hybridized carbons (Fsp3) is 0.643. The Kier molecular flexibility index (Phi) is 4.80.